The molecule has 9 heavy (non-hydrogen) atoms. The Kier molecular flexibility index (Phi) is 12.1. The molecule has 0 rings (SSSR count). The molecular weight excluding hydrogens is 211 g/mol. The van der Waals surface area contributed by atoms with Crippen LogP contribution >= 0.6 is 12.2 Å². The van der Waals surface area contributed by atoms with Gasteiger partial charge in [0.15, 0.2) is 5.11 Å². The third-order valence-electron chi connectivity index (χ3n) is 0.625. The summed E-state index contributed by atoms with van der Waals surface area (Å²) in [6.45, 7) is 0.583. The van der Waals surface area contributed by atoms with Gasteiger partial charge in [-0.2, -0.15) is 7.05 Å². The predicted molar refractivity (Wildman–Crippen MR) is 38.9 cm³/mol. The fraction of sp³-hybridized carbons (Fsp3) is 0.750. The molecule has 0 aromatic heterocycles. The molecule has 0 amide bonds. The van der Waals surface area contributed by atoms with Crippen LogP contribution < -0.4 is 10.6 Å². The van der Waals surface area contributed by atoms with Crippen LogP contribution in [0.25, 0.3) is 5.32 Å². The molecule has 51 valence electrons. The number of rotatable bonds is 2. The van der Waals surface area contributed by atoms with Gasteiger partial charge in [-0.05, 0) is 12.2 Å². The van der Waals surface area contributed by atoms with Crippen molar-refractivity contribution >= 4 is 17.3 Å². The van der Waals surface area contributed by atoms with E-state index in [-0.39, 0.29) is 32.7 Å². The summed E-state index contributed by atoms with van der Waals surface area (Å²) in [5.41, 5.74) is 0. The van der Waals surface area contributed by atoms with Gasteiger partial charge in [0.2, 0.25) is 0 Å². The fourth-order valence-corrected chi connectivity index (χ4v) is 0.304. The molecule has 3 nitrogen and oxygen atoms in total. The van der Waals surface area contributed by atoms with Crippen LogP contribution in [0.5, 0.6) is 0 Å². The summed E-state index contributed by atoms with van der Waals surface area (Å²) < 4.78 is 0. The zero-order valence-corrected chi connectivity index (χ0v) is 9.29. The number of hydrogen-bond acceptors (Lipinski definition) is 1. The summed E-state index contributed by atoms with van der Waals surface area (Å²) in [5, 5.41) is 10.0. The third-order valence-corrected chi connectivity index (χ3v) is 0.973. The maximum Gasteiger partial charge on any atom is 0.164 e. The van der Waals surface area contributed by atoms with E-state index in [0.717, 1.165) is 0 Å². The summed E-state index contributed by atoms with van der Waals surface area (Å²) in [5.74, 6) is 0. The van der Waals surface area contributed by atoms with Gasteiger partial charge < -0.3 is 16.0 Å². The quantitative estimate of drug-likeness (QED) is 0.646. The molecule has 0 spiro atoms. The van der Waals surface area contributed by atoms with Gasteiger partial charge in [0, 0.05) is 39.8 Å². The van der Waals surface area contributed by atoms with E-state index in [2.05, 4.69) is 16.0 Å². The van der Waals surface area contributed by atoms with Crippen LogP contribution in [0, 0.1) is 0 Å². The van der Waals surface area contributed by atoms with E-state index in [1.165, 1.54) is 0 Å². The number of hydrogen-bond donors (Lipinski definition) is 2. The van der Waals surface area contributed by atoms with E-state index >= 15 is 0 Å². The van der Waals surface area contributed by atoms with E-state index in [9.17, 15) is 0 Å². The minimum atomic E-state index is 0. The Morgan fingerprint density at radius 2 is 2.22 bits per heavy atom. The average Bonchev–Trinajstić information content (AvgIpc) is 1.83. The standard InChI is InChI=1S/C4H10N3S.Y/c1-5-3-7-4(8)6-2;/h3H2,1-2H3,(H2,6,7,8);/q-1;. The Bertz CT molecular complexity index is 78.2. The Hall–Kier alpha value is 0.754. The van der Waals surface area contributed by atoms with Gasteiger partial charge in [-0.3, -0.25) is 0 Å². The van der Waals surface area contributed by atoms with Gasteiger partial charge in [0.1, 0.15) is 0 Å². The molecule has 0 saturated heterocycles. The number of thiocarbonyl (C=S) groups is 1. The van der Waals surface area contributed by atoms with Gasteiger partial charge in [-0.1, -0.05) is 6.67 Å². The zero-order valence-electron chi connectivity index (χ0n) is 5.64. The molecule has 0 aromatic carbocycles. The van der Waals surface area contributed by atoms with Crippen molar-refractivity contribution in [3.05, 3.63) is 5.32 Å². The second-order valence-corrected chi connectivity index (χ2v) is 1.64. The number of nitrogens with zero attached hydrogens (tertiary/aromatic N) is 1. The number of nitrogens with one attached hydrogen (secondary N) is 2. The molecule has 0 aliphatic heterocycles. The molecule has 0 unspecified atom stereocenters. The van der Waals surface area contributed by atoms with Crippen LogP contribution in [0.4, 0.5) is 0 Å². The van der Waals surface area contributed by atoms with Crippen LogP contribution in [-0.2, 0) is 32.7 Å². The Morgan fingerprint density at radius 3 is 2.56 bits per heavy atom. The maximum atomic E-state index is 4.74. The molecule has 0 aromatic rings. The van der Waals surface area contributed by atoms with Crippen molar-refractivity contribution < 1.29 is 32.7 Å². The normalized spacial score (nSPS) is 7.33. The summed E-state index contributed by atoms with van der Waals surface area (Å²) in [6.07, 6.45) is 0. The first-order chi connectivity index (χ1) is 3.81. The first kappa shape index (κ1) is 12.4. The monoisotopic (exact) mass is 221 g/mol. The second kappa shape index (κ2) is 8.75. The summed E-state index contributed by atoms with van der Waals surface area (Å²) >= 11 is 4.74. The average molecular weight is 221 g/mol. The van der Waals surface area contributed by atoms with E-state index < -0.39 is 0 Å². The van der Waals surface area contributed by atoms with Crippen molar-refractivity contribution in [3.63, 3.8) is 0 Å². The van der Waals surface area contributed by atoms with Gasteiger partial charge in [-0.15, -0.1) is 0 Å². The van der Waals surface area contributed by atoms with Crippen molar-refractivity contribution in [1.82, 2.24) is 10.6 Å². The minimum absolute atomic E-state index is 0. The van der Waals surface area contributed by atoms with Crippen molar-refractivity contribution in [2.45, 2.75) is 0 Å². The van der Waals surface area contributed by atoms with Crippen LogP contribution in [0.1, 0.15) is 0 Å². The minimum Gasteiger partial charge on any atom is -0.648 e. The smallest absolute Gasteiger partial charge is 0.164 e. The van der Waals surface area contributed by atoms with Crippen molar-refractivity contribution in [2.24, 2.45) is 0 Å². The zero-order chi connectivity index (χ0) is 6.41. The van der Waals surface area contributed by atoms with Crippen LogP contribution in [0.15, 0.2) is 0 Å². The predicted octanol–water partition coefficient (Wildman–Crippen LogP) is 0.0388. The van der Waals surface area contributed by atoms with E-state index in [1.54, 1.807) is 14.1 Å². The molecular formula is C4H10N3SY-. The molecule has 0 fully saturated rings. The van der Waals surface area contributed by atoms with Crippen LogP contribution in [0.2, 0.25) is 0 Å². The first-order valence-electron chi connectivity index (χ1n) is 2.32. The Labute approximate surface area is 86.2 Å². The van der Waals surface area contributed by atoms with Gasteiger partial charge in [0.25, 0.3) is 0 Å². The molecule has 0 atom stereocenters. The van der Waals surface area contributed by atoms with Crippen LogP contribution in [0.3, 0.4) is 0 Å². The topological polar surface area (TPSA) is 38.2 Å². The molecule has 0 aliphatic rings. The van der Waals surface area contributed by atoms with Gasteiger partial charge in [0.05, 0.1) is 0 Å². The maximum absolute atomic E-state index is 4.74. The van der Waals surface area contributed by atoms with E-state index in [1.807, 2.05) is 0 Å². The third kappa shape index (κ3) is 8.75. The molecule has 0 bridgehead atoms. The van der Waals surface area contributed by atoms with E-state index in [4.69, 9.17) is 12.2 Å². The largest absolute Gasteiger partial charge is 0.648 e. The molecule has 2 N–H and O–H groups in total. The molecule has 0 saturated carbocycles. The Morgan fingerprint density at radius 1 is 1.67 bits per heavy atom. The van der Waals surface area contributed by atoms with Crippen LogP contribution in [-0.4, -0.2) is 25.9 Å². The summed E-state index contributed by atoms with van der Waals surface area (Å²) in [4.78, 5) is 0. The van der Waals surface area contributed by atoms with Gasteiger partial charge in [-0.25, -0.2) is 0 Å². The van der Waals surface area contributed by atoms with E-state index in [0.29, 0.717) is 11.8 Å². The van der Waals surface area contributed by atoms with Crippen molar-refractivity contribution in [3.8, 4) is 0 Å². The Balaban J connectivity index is 0. The molecule has 0 aliphatic carbocycles. The summed E-state index contributed by atoms with van der Waals surface area (Å²) in [6, 6.07) is 0. The van der Waals surface area contributed by atoms with Crippen molar-refractivity contribution in [2.75, 3.05) is 20.8 Å². The second-order valence-electron chi connectivity index (χ2n) is 1.23. The van der Waals surface area contributed by atoms with Gasteiger partial charge >= 0.3 is 0 Å². The fourth-order valence-electron chi connectivity index (χ4n) is 0.239. The summed E-state index contributed by atoms with van der Waals surface area (Å²) in [7, 11) is 3.50. The SMILES string of the molecule is C[N-]CNC(=S)NC.[Y]. The molecule has 5 heteroatoms. The molecule has 0 heterocycles. The first-order valence-corrected chi connectivity index (χ1v) is 2.73. The molecule has 1 radical (unpaired) electrons. The van der Waals surface area contributed by atoms with Crippen molar-refractivity contribution in [1.29, 1.82) is 0 Å².